The third-order valence-electron chi connectivity index (χ3n) is 4.58. The van der Waals surface area contributed by atoms with E-state index >= 15 is 0 Å². The van der Waals surface area contributed by atoms with Gasteiger partial charge >= 0.3 is 6.09 Å². The van der Waals surface area contributed by atoms with Crippen molar-refractivity contribution in [3.8, 4) is 0 Å². The summed E-state index contributed by atoms with van der Waals surface area (Å²) in [5.74, 6) is 1.84. The molecule has 1 saturated carbocycles. The number of halogens is 1. The Labute approximate surface area is 163 Å². The molecular formula is C17H33IN4O2. The molecule has 0 aromatic heterocycles. The van der Waals surface area contributed by atoms with Crippen LogP contribution in [0.15, 0.2) is 4.99 Å². The number of nitrogens with two attached hydrogens (primary N) is 1. The molecule has 140 valence electrons. The molecule has 2 rings (SSSR count). The zero-order valence-electron chi connectivity index (χ0n) is 15.2. The molecule has 1 aliphatic carbocycles. The first-order chi connectivity index (χ1) is 10.8. The van der Waals surface area contributed by atoms with Crippen molar-refractivity contribution in [1.82, 2.24) is 10.2 Å². The van der Waals surface area contributed by atoms with E-state index in [1.165, 1.54) is 19.3 Å². The molecule has 1 amide bonds. The highest BCUT2D eigenvalue weighted by Gasteiger charge is 2.26. The average molecular weight is 452 g/mol. The normalized spacial score (nSPS) is 20.1. The number of rotatable bonds is 4. The molecule has 0 aromatic rings. The summed E-state index contributed by atoms with van der Waals surface area (Å²) < 4.78 is 5.41. The van der Waals surface area contributed by atoms with E-state index in [1.54, 1.807) is 4.90 Å². The first-order valence-corrected chi connectivity index (χ1v) is 8.85. The van der Waals surface area contributed by atoms with Crippen LogP contribution in [0.2, 0.25) is 0 Å². The average Bonchev–Trinajstić information content (AvgIpc) is 2.42. The summed E-state index contributed by atoms with van der Waals surface area (Å²) in [4.78, 5) is 18.2. The predicted molar refractivity (Wildman–Crippen MR) is 108 cm³/mol. The lowest BCUT2D eigenvalue weighted by Crippen LogP contribution is -2.44. The first-order valence-electron chi connectivity index (χ1n) is 8.85. The molecule has 2 fully saturated rings. The van der Waals surface area contributed by atoms with Crippen molar-refractivity contribution >= 4 is 36.0 Å². The van der Waals surface area contributed by atoms with Crippen molar-refractivity contribution in [2.45, 2.75) is 58.5 Å². The summed E-state index contributed by atoms with van der Waals surface area (Å²) in [5.41, 5.74) is 5.49. The van der Waals surface area contributed by atoms with Crippen LogP contribution in [0.3, 0.4) is 0 Å². The van der Waals surface area contributed by atoms with Crippen LogP contribution in [-0.4, -0.2) is 48.7 Å². The first kappa shape index (κ1) is 21.3. The van der Waals surface area contributed by atoms with E-state index < -0.39 is 5.60 Å². The molecule has 24 heavy (non-hydrogen) atoms. The number of hydrogen-bond donors (Lipinski definition) is 2. The second kappa shape index (κ2) is 9.68. The minimum atomic E-state index is -0.430. The van der Waals surface area contributed by atoms with Gasteiger partial charge < -0.3 is 20.7 Å². The van der Waals surface area contributed by atoms with E-state index in [4.69, 9.17) is 10.5 Å². The minimum absolute atomic E-state index is 0. The van der Waals surface area contributed by atoms with Crippen molar-refractivity contribution in [1.29, 1.82) is 0 Å². The quantitative estimate of drug-likeness (QED) is 0.391. The molecule has 0 spiro atoms. The fraction of sp³-hybridized carbons (Fsp3) is 0.882. The van der Waals surface area contributed by atoms with Crippen LogP contribution in [0.25, 0.3) is 0 Å². The fourth-order valence-corrected chi connectivity index (χ4v) is 2.85. The minimum Gasteiger partial charge on any atom is -0.444 e. The Morgan fingerprint density at radius 1 is 1.21 bits per heavy atom. The number of nitrogens with zero attached hydrogens (tertiary/aromatic N) is 2. The molecule has 0 unspecified atom stereocenters. The van der Waals surface area contributed by atoms with Gasteiger partial charge in [0, 0.05) is 26.2 Å². The molecule has 3 N–H and O–H groups in total. The summed E-state index contributed by atoms with van der Waals surface area (Å²) in [5, 5.41) is 3.23. The molecule has 1 heterocycles. The maximum Gasteiger partial charge on any atom is 0.410 e. The monoisotopic (exact) mass is 452 g/mol. The topological polar surface area (TPSA) is 80.0 Å². The van der Waals surface area contributed by atoms with E-state index in [0.717, 1.165) is 44.9 Å². The van der Waals surface area contributed by atoms with Crippen LogP contribution >= 0.6 is 24.0 Å². The second-order valence-electron chi connectivity index (χ2n) is 7.81. The summed E-state index contributed by atoms with van der Waals surface area (Å²) in [6.07, 6.45) is 5.67. The van der Waals surface area contributed by atoms with Gasteiger partial charge in [-0.05, 0) is 58.3 Å². The van der Waals surface area contributed by atoms with Crippen molar-refractivity contribution in [2.24, 2.45) is 22.6 Å². The maximum absolute atomic E-state index is 12.0. The highest BCUT2D eigenvalue weighted by molar-refractivity contribution is 14.0. The Kier molecular flexibility index (Phi) is 8.59. The lowest BCUT2D eigenvalue weighted by Gasteiger charge is -2.33. The number of ether oxygens (including phenoxy) is 1. The Bertz CT molecular complexity index is 425. The zero-order chi connectivity index (χ0) is 16.9. The van der Waals surface area contributed by atoms with Gasteiger partial charge in [0.15, 0.2) is 5.96 Å². The number of piperidine rings is 1. The molecule has 0 bridgehead atoms. The largest absolute Gasteiger partial charge is 0.444 e. The molecule has 1 saturated heterocycles. The standard InChI is InChI=1S/C17H32N4O2.HI/c1-17(2,3)23-16(22)21-9-7-14(8-10-21)12-20-15(18)19-11-13-5-4-6-13;/h13-14H,4-12H2,1-3H3,(H3,18,19,20);1H. The third kappa shape index (κ3) is 7.44. The van der Waals surface area contributed by atoms with Crippen LogP contribution in [0.1, 0.15) is 52.9 Å². The molecular weight excluding hydrogens is 419 g/mol. The number of hydrogen-bond acceptors (Lipinski definition) is 3. The Morgan fingerprint density at radius 2 is 1.83 bits per heavy atom. The van der Waals surface area contributed by atoms with Gasteiger partial charge in [0.2, 0.25) is 0 Å². The number of guanidine groups is 1. The lowest BCUT2D eigenvalue weighted by molar-refractivity contribution is 0.0185. The van der Waals surface area contributed by atoms with Gasteiger partial charge in [0.25, 0.3) is 0 Å². The number of nitrogens with one attached hydrogen (secondary N) is 1. The van der Waals surface area contributed by atoms with Crippen molar-refractivity contribution < 1.29 is 9.53 Å². The van der Waals surface area contributed by atoms with Crippen molar-refractivity contribution in [3.63, 3.8) is 0 Å². The number of likely N-dealkylation sites (tertiary alicyclic amines) is 1. The van der Waals surface area contributed by atoms with Crippen LogP contribution < -0.4 is 11.1 Å². The number of carbonyl (C=O) groups excluding carboxylic acids is 1. The van der Waals surface area contributed by atoms with Gasteiger partial charge in [-0.15, -0.1) is 24.0 Å². The highest BCUT2D eigenvalue weighted by atomic mass is 127. The van der Waals surface area contributed by atoms with Crippen LogP contribution in [-0.2, 0) is 4.74 Å². The van der Waals surface area contributed by atoms with E-state index in [2.05, 4.69) is 10.3 Å². The van der Waals surface area contributed by atoms with Crippen molar-refractivity contribution in [3.05, 3.63) is 0 Å². The van der Waals surface area contributed by atoms with E-state index in [1.807, 2.05) is 20.8 Å². The van der Waals surface area contributed by atoms with E-state index in [9.17, 15) is 4.79 Å². The van der Waals surface area contributed by atoms with Crippen molar-refractivity contribution in [2.75, 3.05) is 26.2 Å². The van der Waals surface area contributed by atoms with Crippen LogP contribution in [0.4, 0.5) is 4.79 Å². The summed E-state index contributed by atoms with van der Waals surface area (Å²) in [7, 11) is 0. The second-order valence-corrected chi connectivity index (χ2v) is 7.81. The molecule has 0 radical (unpaired) electrons. The van der Waals surface area contributed by atoms with E-state index in [0.29, 0.717) is 11.9 Å². The van der Waals surface area contributed by atoms with Crippen LogP contribution in [0.5, 0.6) is 0 Å². The van der Waals surface area contributed by atoms with Gasteiger partial charge in [0.05, 0.1) is 0 Å². The maximum atomic E-state index is 12.0. The fourth-order valence-electron chi connectivity index (χ4n) is 2.85. The number of aliphatic imine (C=N–C) groups is 1. The molecule has 6 nitrogen and oxygen atoms in total. The molecule has 0 aromatic carbocycles. The highest BCUT2D eigenvalue weighted by Crippen LogP contribution is 2.26. The SMILES string of the molecule is CC(C)(C)OC(=O)N1CCC(CNC(N)=NCC2CCC2)CC1.I. The Hall–Kier alpha value is -0.730. The van der Waals surface area contributed by atoms with Gasteiger partial charge in [-0.3, -0.25) is 4.99 Å². The van der Waals surface area contributed by atoms with Gasteiger partial charge in [-0.2, -0.15) is 0 Å². The lowest BCUT2D eigenvalue weighted by atomic mass is 9.86. The zero-order valence-corrected chi connectivity index (χ0v) is 17.5. The molecule has 1 aliphatic heterocycles. The van der Waals surface area contributed by atoms with E-state index in [-0.39, 0.29) is 30.1 Å². The summed E-state index contributed by atoms with van der Waals surface area (Å²) in [6.45, 7) is 8.88. The Balaban J connectivity index is 0.00000288. The smallest absolute Gasteiger partial charge is 0.410 e. The van der Waals surface area contributed by atoms with Crippen LogP contribution in [0, 0.1) is 11.8 Å². The third-order valence-corrected chi connectivity index (χ3v) is 4.58. The molecule has 0 atom stereocenters. The van der Waals surface area contributed by atoms with Gasteiger partial charge in [-0.1, -0.05) is 6.42 Å². The Morgan fingerprint density at radius 3 is 2.33 bits per heavy atom. The summed E-state index contributed by atoms with van der Waals surface area (Å²) in [6, 6.07) is 0. The molecule has 2 aliphatic rings. The number of amides is 1. The predicted octanol–water partition coefficient (Wildman–Crippen LogP) is 2.96. The van der Waals surface area contributed by atoms with Gasteiger partial charge in [0.1, 0.15) is 5.60 Å². The van der Waals surface area contributed by atoms with Gasteiger partial charge in [-0.25, -0.2) is 4.79 Å². The number of carbonyl (C=O) groups is 1. The summed E-state index contributed by atoms with van der Waals surface area (Å²) >= 11 is 0. The molecule has 7 heteroatoms.